The average molecular weight is 428 g/mol. The van der Waals surface area contributed by atoms with Gasteiger partial charge in [0, 0.05) is 12.7 Å². The minimum atomic E-state index is -4.54. The number of anilines is 1. The molecule has 0 saturated heterocycles. The Labute approximate surface area is 174 Å². The molecule has 0 spiro atoms. The molecule has 1 N–H and O–H groups in total. The van der Waals surface area contributed by atoms with Crippen molar-refractivity contribution in [2.45, 2.75) is 25.6 Å². The van der Waals surface area contributed by atoms with Crippen molar-refractivity contribution in [1.29, 1.82) is 5.26 Å². The van der Waals surface area contributed by atoms with Gasteiger partial charge in [-0.15, -0.1) is 0 Å². The summed E-state index contributed by atoms with van der Waals surface area (Å²) in [5.74, 6) is 0.818. The number of alkyl halides is 3. The number of urea groups is 1. The van der Waals surface area contributed by atoms with Gasteiger partial charge in [0.1, 0.15) is 18.1 Å². The smallest absolute Gasteiger partial charge is 0.328 e. The van der Waals surface area contributed by atoms with Crippen LogP contribution in [-0.4, -0.2) is 37.3 Å². The monoisotopic (exact) mass is 428 g/mol. The quantitative estimate of drug-likeness (QED) is 0.687. The van der Waals surface area contributed by atoms with E-state index in [4.69, 9.17) is 5.26 Å². The normalized spacial score (nSPS) is 14.1. The maximum absolute atomic E-state index is 12.9. The number of amides is 2. The van der Waals surface area contributed by atoms with E-state index in [0.29, 0.717) is 34.9 Å². The first-order valence-electron chi connectivity index (χ1n) is 9.18. The standard InChI is InChI=1S/C19H15F3N8O/c1-11(17-26-10-27-30(17)16-3-2-12(7-23)8-25-16)28-18(31)29-5-4-13-6-15(19(20,21)22)24-9-14(13)29/h2-3,6,8-11H,4-5H2,1H3,(H,28,31). The van der Waals surface area contributed by atoms with Crippen LogP contribution in [-0.2, 0) is 12.6 Å². The second kappa shape index (κ2) is 7.67. The van der Waals surface area contributed by atoms with E-state index in [0.717, 1.165) is 12.3 Å². The molecular weight excluding hydrogens is 413 g/mol. The second-order valence-electron chi connectivity index (χ2n) is 6.82. The molecule has 3 aromatic heterocycles. The maximum Gasteiger partial charge on any atom is 0.433 e. The number of rotatable bonds is 3. The maximum atomic E-state index is 12.9. The van der Waals surface area contributed by atoms with Gasteiger partial charge in [-0.05, 0) is 37.1 Å². The third kappa shape index (κ3) is 3.89. The van der Waals surface area contributed by atoms with Crippen LogP contribution >= 0.6 is 0 Å². The van der Waals surface area contributed by atoms with E-state index < -0.39 is 23.9 Å². The summed E-state index contributed by atoms with van der Waals surface area (Å²) in [6.45, 7) is 1.94. The van der Waals surface area contributed by atoms with Crippen molar-refractivity contribution in [3.05, 3.63) is 59.6 Å². The zero-order valence-electron chi connectivity index (χ0n) is 16.1. The Kier molecular flexibility index (Phi) is 5.02. The van der Waals surface area contributed by atoms with E-state index in [1.807, 2.05) is 6.07 Å². The van der Waals surface area contributed by atoms with Crippen molar-refractivity contribution >= 4 is 11.7 Å². The van der Waals surface area contributed by atoms with E-state index in [9.17, 15) is 18.0 Å². The summed E-state index contributed by atoms with van der Waals surface area (Å²) >= 11 is 0. The summed E-state index contributed by atoms with van der Waals surface area (Å²) in [7, 11) is 0. The lowest BCUT2D eigenvalue weighted by Gasteiger charge is -2.21. The minimum absolute atomic E-state index is 0.237. The van der Waals surface area contributed by atoms with Gasteiger partial charge < -0.3 is 5.32 Å². The Morgan fingerprint density at radius 2 is 2.06 bits per heavy atom. The molecule has 0 aromatic carbocycles. The molecule has 3 aromatic rings. The Balaban J connectivity index is 1.51. The van der Waals surface area contributed by atoms with Gasteiger partial charge in [-0.1, -0.05) is 0 Å². The van der Waals surface area contributed by atoms with Crippen molar-refractivity contribution in [3.8, 4) is 11.9 Å². The van der Waals surface area contributed by atoms with Gasteiger partial charge in [-0.2, -0.15) is 28.2 Å². The van der Waals surface area contributed by atoms with Crippen LogP contribution in [0.3, 0.4) is 0 Å². The molecular formula is C19H15F3N8O. The fourth-order valence-electron chi connectivity index (χ4n) is 3.28. The number of hydrogen-bond acceptors (Lipinski definition) is 6. The molecule has 9 nitrogen and oxygen atoms in total. The van der Waals surface area contributed by atoms with Gasteiger partial charge >= 0.3 is 12.2 Å². The Bertz CT molecular complexity index is 1170. The van der Waals surface area contributed by atoms with Crippen LogP contribution in [0, 0.1) is 11.3 Å². The second-order valence-corrected chi connectivity index (χ2v) is 6.82. The first-order chi connectivity index (χ1) is 14.8. The number of halogens is 3. The van der Waals surface area contributed by atoms with E-state index in [-0.39, 0.29) is 6.54 Å². The number of fused-ring (bicyclic) bond motifs is 1. The molecule has 0 radical (unpaired) electrons. The molecule has 4 heterocycles. The highest BCUT2D eigenvalue weighted by molar-refractivity contribution is 5.94. The molecule has 1 unspecified atom stereocenters. The Hall–Kier alpha value is -4.01. The largest absolute Gasteiger partial charge is 0.433 e. The lowest BCUT2D eigenvalue weighted by Crippen LogP contribution is -2.40. The van der Waals surface area contributed by atoms with Gasteiger partial charge in [-0.25, -0.2) is 19.7 Å². The van der Waals surface area contributed by atoms with Crippen molar-refractivity contribution in [1.82, 2.24) is 30.0 Å². The SMILES string of the molecule is CC(NC(=O)N1CCc2cc(C(F)(F)F)ncc21)c1ncnn1-c1ccc(C#N)cn1. The molecule has 31 heavy (non-hydrogen) atoms. The molecule has 0 fully saturated rings. The van der Waals surface area contributed by atoms with Crippen LogP contribution in [0.15, 0.2) is 36.9 Å². The molecule has 158 valence electrons. The van der Waals surface area contributed by atoms with Crippen LogP contribution in [0.1, 0.15) is 35.6 Å². The number of nitrogens with one attached hydrogen (secondary N) is 1. The molecule has 1 aliphatic heterocycles. The van der Waals surface area contributed by atoms with Gasteiger partial charge in [0.25, 0.3) is 0 Å². The lowest BCUT2D eigenvalue weighted by molar-refractivity contribution is -0.141. The van der Waals surface area contributed by atoms with Crippen molar-refractivity contribution in [3.63, 3.8) is 0 Å². The summed E-state index contributed by atoms with van der Waals surface area (Å²) in [5.41, 5.74) is 0.162. The minimum Gasteiger partial charge on any atom is -0.328 e. The van der Waals surface area contributed by atoms with Gasteiger partial charge in [-0.3, -0.25) is 4.90 Å². The molecule has 4 rings (SSSR count). The zero-order chi connectivity index (χ0) is 22.2. The number of nitrogens with zero attached hydrogens (tertiary/aromatic N) is 7. The van der Waals surface area contributed by atoms with Crippen molar-refractivity contribution < 1.29 is 18.0 Å². The molecule has 0 aliphatic carbocycles. The highest BCUT2D eigenvalue weighted by Gasteiger charge is 2.35. The van der Waals surface area contributed by atoms with Gasteiger partial charge in [0.15, 0.2) is 11.6 Å². The Morgan fingerprint density at radius 3 is 2.74 bits per heavy atom. The molecule has 12 heteroatoms. The first kappa shape index (κ1) is 20.3. The third-order valence-corrected chi connectivity index (χ3v) is 4.79. The molecule has 0 saturated carbocycles. The topological polar surface area (TPSA) is 113 Å². The summed E-state index contributed by atoms with van der Waals surface area (Å²) in [5, 5.41) is 15.8. The molecule has 1 atom stereocenters. The number of pyridine rings is 2. The average Bonchev–Trinajstić information content (AvgIpc) is 3.40. The van der Waals surface area contributed by atoms with Crippen LogP contribution in [0.4, 0.5) is 23.7 Å². The molecule has 0 bridgehead atoms. The first-order valence-corrected chi connectivity index (χ1v) is 9.18. The summed E-state index contributed by atoms with van der Waals surface area (Å²) < 4.78 is 40.0. The summed E-state index contributed by atoms with van der Waals surface area (Å²) in [6.07, 6.45) is -0.464. The number of carbonyl (C=O) groups excluding carboxylic acids is 1. The van der Waals surface area contributed by atoms with Crippen LogP contribution in [0.25, 0.3) is 5.82 Å². The van der Waals surface area contributed by atoms with Crippen LogP contribution in [0.5, 0.6) is 0 Å². The van der Waals surface area contributed by atoms with E-state index in [1.165, 1.54) is 22.1 Å². The van der Waals surface area contributed by atoms with E-state index in [2.05, 4.69) is 25.4 Å². The Morgan fingerprint density at radius 1 is 1.26 bits per heavy atom. The lowest BCUT2D eigenvalue weighted by atomic mass is 10.2. The zero-order valence-corrected chi connectivity index (χ0v) is 16.1. The number of aromatic nitrogens is 5. The van der Waals surface area contributed by atoms with Crippen LogP contribution < -0.4 is 10.2 Å². The fourth-order valence-corrected chi connectivity index (χ4v) is 3.28. The number of hydrogen-bond donors (Lipinski definition) is 1. The highest BCUT2D eigenvalue weighted by atomic mass is 19.4. The van der Waals surface area contributed by atoms with E-state index in [1.54, 1.807) is 19.1 Å². The predicted octanol–water partition coefficient (Wildman–Crippen LogP) is 2.78. The van der Waals surface area contributed by atoms with Gasteiger partial charge in [0.2, 0.25) is 0 Å². The van der Waals surface area contributed by atoms with E-state index >= 15 is 0 Å². The molecule has 2 amide bonds. The summed E-state index contributed by atoms with van der Waals surface area (Å²) in [4.78, 5) is 25.9. The third-order valence-electron chi connectivity index (χ3n) is 4.79. The highest BCUT2D eigenvalue weighted by Crippen LogP contribution is 2.34. The van der Waals surface area contributed by atoms with Crippen molar-refractivity contribution in [2.75, 3.05) is 11.4 Å². The molecule has 1 aliphatic rings. The van der Waals surface area contributed by atoms with Crippen molar-refractivity contribution in [2.24, 2.45) is 0 Å². The van der Waals surface area contributed by atoms with Crippen LogP contribution in [0.2, 0.25) is 0 Å². The van der Waals surface area contributed by atoms with Gasteiger partial charge in [0.05, 0.1) is 23.5 Å². The fraction of sp³-hybridized carbons (Fsp3) is 0.263. The predicted molar refractivity (Wildman–Crippen MR) is 101 cm³/mol. The number of nitriles is 1. The summed E-state index contributed by atoms with van der Waals surface area (Å²) in [6, 6.07) is 5.06. The number of carbonyl (C=O) groups is 1.